The standard InChI is InChI=1S/4C5H10N2O3/c4*6-3(5(9)10)1-2-4(7)8/h4*3H,1-2,6H2,(H2,7,8)(H,9,10)/t4*3-/m0000/s1. The second-order valence-corrected chi connectivity index (χ2v) is 7.80. The zero-order valence-corrected chi connectivity index (χ0v) is 21.6. The van der Waals surface area contributed by atoms with Crippen LogP contribution in [0.5, 0.6) is 0 Å². The molecule has 0 aromatic rings. The van der Waals surface area contributed by atoms with Crippen LogP contribution in [0.15, 0.2) is 0 Å². The van der Waals surface area contributed by atoms with Gasteiger partial charge >= 0.3 is 23.9 Å². The van der Waals surface area contributed by atoms with Crippen molar-refractivity contribution < 1.29 is 58.8 Å². The number of carbonyl (C=O) groups excluding carboxylic acids is 4. The largest absolute Gasteiger partial charge is 0.480 e. The van der Waals surface area contributed by atoms with Crippen molar-refractivity contribution in [2.24, 2.45) is 45.9 Å². The van der Waals surface area contributed by atoms with Crippen LogP contribution in [-0.4, -0.2) is 92.1 Å². The lowest BCUT2D eigenvalue weighted by Crippen LogP contribution is -2.31. The molecule has 0 aromatic heterocycles. The fraction of sp³-hybridized carbons (Fsp3) is 0.600. The van der Waals surface area contributed by atoms with E-state index in [1.165, 1.54) is 0 Å². The Morgan fingerprint density at radius 3 is 0.575 bits per heavy atom. The van der Waals surface area contributed by atoms with Crippen LogP contribution in [0.3, 0.4) is 0 Å². The molecule has 0 aliphatic rings. The quantitative estimate of drug-likeness (QED) is 0.0805. The van der Waals surface area contributed by atoms with Crippen LogP contribution in [0.2, 0.25) is 0 Å². The maximum absolute atomic E-state index is 10.1. The second kappa shape index (κ2) is 24.9. The molecule has 0 aliphatic heterocycles. The molecular weight excluding hydrogens is 544 g/mol. The van der Waals surface area contributed by atoms with Crippen LogP contribution in [0.4, 0.5) is 0 Å². The van der Waals surface area contributed by atoms with E-state index >= 15 is 0 Å². The van der Waals surface area contributed by atoms with Crippen molar-refractivity contribution in [3.05, 3.63) is 0 Å². The summed E-state index contributed by atoms with van der Waals surface area (Å²) in [6.45, 7) is 0. The van der Waals surface area contributed by atoms with Crippen LogP contribution >= 0.6 is 0 Å². The lowest BCUT2D eigenvalue weighted by Gasteiger charge is -2.01. The van der Waals surface area contributed by atoms with Crippen molar-refractivity contribution in [2.75, 3.05) is 0 Å². The third-order valence-electron chi connectivity index (χ3n) is 4.08. The van der Waals surface area contributed by atoms with Gasteiger partial charge in [-0.25, -0.2) is 0 Å². The summed E-state index contributed by atoms with van der Waals surface area (Å²) in [7, 11) is 0. The van der Waals surface area contributed by atoms with Gasteiger partial charge in [-0.15, -0.1) is 0 Å². The average molecular weight is 585 g/mol. The Morgan fingerprint density at radius 2 is 0.500 bits per heavy atom. The second-order valence-electron chi connectivity index (χ2n) is 7.80. The van der Waals surface area contributed by atoms with Gasteiger partial charge in [-0.2, -0.15) is 0 Å². The summed E-state index contributed by atoms with van der Waals surface area (Å²) in [5, 5.41) is 32.9. The highest BCUT2D eigenvalue weighted by molar-refractivity contribution is 5.78. The molecule has 4 atom stereocenters. The van der Waals surface area contributed by atoms with Gasteiger partial charge in [0, 0.05) is 25.7 Å². The number of hydrogen-bond acceptors (Lipinski definition) is 12. The monoisotopic (exact) mass is 584 g/mol. The maximum Gasteiger partial charge on any atom is 0.320 e. The molecule has 232 valence electrons. The summed E-state index contributed by atoms with van der Waals surface area (Å²) in [5.74, 6) is -6.56. The number of nitrogens with two attached hydrogens (primary N) is 8. The van der Waals surface area contributed by atoms with Gasteiger partial charge in [0.25, 0.3) is 0 Å². The highest BCUT2D eigenvalue weighted by Crippen LogP contribution is 1.94. The lowest BCUT2D eigenvalue weighted by atomic mass is 10.2. The highest BCUT2D eigenvalue weighted by Gasteiger charge is 2.13. The van der Waals surface area contributed by atoms with E-state index in [0.717, 1.165) is 0 Å². The average Bonchev–Trinajstić information content (AvgIpc) is 2.83. The number of carbonyl (C=O) groups is 8. The molecule has 20 nitrogen and oxygen atoms in total. The molecule has 0 fully saturated rings. The minimum Gasteiger partial charge on any atom is -0.480 e. The van der Waals surface area contributed by atoms with E-state index < -0.39 is 71.7 Å². The number of carboxylic acids is 4. The summed E-state index contributed by atoms with van der Waals surface area (Å²) in [6.07, 6.45) is 0.493. The Labute approximate surface area is 228 Å². The van der Waals surface area contributed by atoms with Crippen LogP contribution in [0.25, 0.3) is 0 Å². The van der Waals surface area contributed by atoms with Gasteiger partial charge in [0.1, 0.15) is 24.2 Å². The first-order chi connectivity index (χ1) is 18.1. The third kappa shape index (κ3) is 35.8. The van der Waals surface area contributed by atoms with Crippen LogP contribution in [-0.2, 0) is 38.4 Å². The summed E-state index contributed by atoms with van der Waals surface area (Å²) >= 11 is 0. The predicted molar refractivity (Wildman–Crippen MR) is 136 cm³/mol. The maximum atomic E-state index is 10.1. The molecule has 0 saturated heterocycles. The van der Waals surface area contributed by atoms with Gasteiger partial charge in [0.05, 0.1) is 0 Å². The molecule has 0 bridgehead atoms. The molecule has 0 spiro atoms. The fourth-order valence-electron chi connectivity index (χ4n) is 1.68. The Morgan fingerprint density at radius 1 is 0.375 bits per heavy atom. The Hall–Kier alpha value is -4.40. The number of aliphatic carboxylic acids is 4. The molecule has 0 radical (unpaired) electrons. The van der Waals surface area contributed by atoms with E-state index in [1.807, 2.05) is 0 Å². The van der Waals surface area contributed by atoms with E-state index in [-0.39, 0.29) is 51.4 Å². The van der Waals surface area contributed by atoms with Crippen molar-refractivity contribution in [3.8, 4) is 0 Å². The Bertz CT molecular complexity index is 719. The van der Waals surface area contributed by atoms with Crippen molar-refractivity contribution in [1.82, 2.24) is 0 Å². The number of hydrogen-bond donors (Lipinski definition) is 12. The molecule has 0 aromatic carbocycles. The van der Waals surface area contributed by atoms with E-state index in [9.17, 15) is 38.4 Å². The van der Waals surface area contributed by atoms with E-state index in [1.54, 1.807) is 0 Å². The molecule has 4 amide bonds. The minimum absolute atomic E-state index is 0.0213. The molecule has 20 heteroatoms. The van der Waals surface area contributed by atoms with E-state index in [2.05, 4.69) is 0 Å². The molecule has 0 aliphatic carbocycles. The third-order valence-corrected chi connectivity index (χ3v) is 4.08. The topological polar surface area (TPSA) is 426 Å². The smallest absolute Gasteiger partial charge is 0.320 e. The van der Waals surface area contributed by atoms with E-state index in [0.29, 0.717) is 0 Å². The summed E-state index contributed by atoms with van der Waals surface area (Å²) in [4.78, 5) is 80.5. The van der Waals surface area contributed by atoms with Crippen LogP contribution in [0.1, 0.15) is 51.4 Å². The van der Waals surface area contributed by atoms with Gasteiger partial charge in [0.2, 0.25) is 23.6 Å². The first-order valence-electron chi connectivity index (χ1n) is 11.2. The Kier molecular flexibility index (Phi) is 26.6. The SMILES string of the molecule is NC(=O)CC[C@H](N)C(=O)O.NC(=O)CC[C@H](N)C(=O)O.NC(=O)CC[C@H](N)C(=O)O.NC(=O)CC[C@H](N)C(=O)O. The lowest BCUT2D eigenvalue weighted by molar-refractivity contribution is -0.139. The van der Waals surface area contributed by atoms with Gasteiger partial charge in [-0.1, -0.05) is 0 Å². The minimum atomic E-state index is -1.11. The van der Waals surface area contributed by atoms with Crippen LogP contribution < -0.4 is 45.9 Å². The molecular formula is C20H40N8O12. The van der Waals surface area contributed by atoms with Crippen molar-refractivity contribution >= 4 is 47.5 Å². The number of primary amides is 4. The van der Waals surface area contributed by atoms with Crippen molar-refractivity contribution in [2.45, 2.75) is 75.5 Å². The normalized spacial score (nSPS) is 12.5. The first-order valence-corrected chi connectivity index (χ1v) is 11.2. The van der Waals surface area contributed by atoms with Crippen molar-refractivity contribution in [1.29, 1.82) is 0 Å². The number of amides is 4. The first kappa shape index (κ1) is 42.7. The molecule has 40 heavy (non-hydrogen) atoms. The fourth-order valence-corrected chi connectivity index (χ4v) is 1.68. The molecule has 0 saturated carbocycles. The number of rotatable bonds is 16. The zero-order valence-electron chi connectivity index (χ0n) is 21.6. The van der Waals surface area contributed by atoms with Gasteiger partial charge in [-0.05, 0) is 25.7 Å². The van der Waals surface area contributed by atoms with Gasteiger partial charge in [0.15, 0.2) is 0 Å². The highest BCUT2D eigenvalue weighted by atomic mass is 16.4. The molecule has 0 heterocycles. The predicted octanol–water partition coefficient (Wildman–Crippen LogP) is -5.34. The molecule has 0 unspecified atom stereocenters. The molecule has 20 N–H and O–H groups in total. The summed E-state index contributed by atoms with van der Waals surface area (Å²) in [5.41, 5.74) is 39.2. The zero-order chi connectivity index (χ0) is 32.6. The number of carboxylic acid groups (broad SMARTS) is 4. The Balaban J connectivity index is -0.000000216. The van der Waals surface area contributed by atoms with Crippen LogP contribution in [0, 0.1) is 0 Å². The molecule has 0 rings (SSSR count). The summed E-state index contributed by atoms with van der Waals surface area (Å²) in [6, 6.07) is -3.92. The summed E-state index contributed by atoms with van der Waals surface area (Å²) < 4.78 is 0. The van der Waals surface area contributed by atoms with Crippen molar-refractivity contribution in [3.63, 3.8) is 0 Å². The van der Waals surface area contributed by atoms with Gasteiger partial charge < -0.3 is 66.3 Å². The van der Waals surface area contributed by atoms with Gasteiger partial charge in [-0.3, -0.25) is 38.4 Å². The van der Waals surface area contributed by atoms with E-state index in [4.69, 9.17) is 66.3 Å².